The predicted molar refractivity (Wildman–Crippen MR) is 89.6 cm³/mol. The van der Waals surface area contributed by atoms with Gasteiger partial charge < -0.3 is 15.5 Å². The lowest BCUT2D eigenvalue weighted by Crippen LogP contribution is -2.09. The second-order valence-electron chi connectivity index (χ2n) is 5.12. The summed E-state index contributed by atoms with van der Waals surface area (Å²) in [5.41, 5.74) is 3.30. The molecule has 0 amide bonds. The maximum Gasteiger partial charge on any atom is 0.139 e. The van der Waals surface area contributed by atoms with Crippen LogP contribution in [0.15, 0.2) is 30.6 Å². The Hall–Kier alpha value is -2.30. The average Bonchev–Trinajstić information content (AvgIpc) is 2.49. The van der Waals surface area contributed by atoms with Crippen molar-refractivity contribution in [3.63, 3.8) is 0 Å². The number of aromatic nitrogens is 2. The summed E-state index contributed by atoms with van der Waals surface area (Å²) >= 11 is 0. The van der Waals surface area contributed by atoms with Crippen molar-refractivity contribution < 1.29 is 0 Å². The fraction of sp³-hybridized carbons (Fsp3) is 0.375. The molecular formula is C16H23N5. The fourth-order valence-electron chi connectivity index (χ4n) is 2.22. The fourth-order valence-corrected chi connectivity index (χ4v) is 2.22. The highest BCUT2D eigenvalue weighted by Gasteiger charge is 2.10. The second kappa shape index (κ2) is 6.92. The standard InChI is InChI=1S/C16H23N5/c1-5-7-14-15(17-2)18-11-19-16(14)20-12-8-6-9-13(10-12)21(3)4/h6,8-11H,5,7H2,1-4H3,(H2,17,18,19,20). The van der Waals surface area contributed by atoms with Crippen molar-refractivity contribution in [3.05, 3.63) is 36.2 Å². The number of hydrogen-bond acceptors (Lipinski definition) is 5. The minimum Gasteiger partial charge on any atom is -0.378 e. The first-order valence-corrected chi connectivity index (χ1v) is 7.21. The van der Waals surface area contributed by atoms with Crippen molar-refractivity contribution in [3.8, 4) is 0 Å². The third-order valence-corrected chi connectivity index (χ3v) is 3.31. The number of anilines is 4. The van der Waals surface area contributed by atoms with E-state index in [1.165, 1.54) is 0 Å². The Balaban J connectivity index is 2.32. The molecule has 1 aromatic carbocycles. The molecule has 0 radical (unpaired) electrons. The molecule has 0 saturated heterocycles. The van der Waals surface area contributed by atoms with Crippen LogP contribution in [0.3, 0.4) is 0 Å². The first-order valence-electron chi connectivity index (χ1n) is 7.21. The highest BCUT2D eigenvalue weighted by molar-refractivity contribution is 5.67. The highest BCUT2D eigenvalue weighted by Crippen LogP contribution is 2.26. The van der Waals surface area contributed by atoms with E-state index in [1.54, 1.807) is 6.33 Å². The second-order valence-corrected chi connectivity index (χ2v) is 5.12. The van der Waals surface area contributed by atoms with Crippen molar-refractivity contribution in [2.24, 2.45) is 0 Å². The summed E-state index contributed by atoms with van der Waals surface area (Å²) in [4.78, 5) is 10.8. The highest BCUT2D eigenvalue weighted by atomic mass is 15.1. The Labute approximate surface area is 126 Å². The molecule has 0 atom stereocenters. The smallest absolute Gasteiger partial charge is 0.139 e. The number of benzene rings is 1. The molecule has 21 heavy (non-hydrogen) atoms. The molecule has 1 aromatic heterocycles. The largest absolute Gasteiger partial charge is 0.378 e. The van der Waals surface area contributed by atoms with E-state index in [1.807, 2.05) is 33.3 Å². The van der Waals surface area contributed by atoms with Crippen molar-refractivity contribution >= 4 is 23.0 Å². The molecule has 5 nitrogen and oxygen atoms in total. The molecule has 2 rings (SSSR count). The lowest BCUT2D eigenvalue weighted by atomic mass is 10.1. The van der Waals surface area contributed by atoms with Crippen LogP contribution in [0.5, 0.6) is 0 Å². The summed E-state index contributed by atoms with van der Waals surface area (Å²) in [5.74, 6) is 1.75. The first-order chi connectivity index (χ1) is 10.2. The van der Waals surface area contributed by atoms with E-state index in [2.05, 4.69) is 44.6 Å². The zero-order chi connectivity index (χ0) is 15.2. The molecule has 0 saturated carbocycles. The van der Waals surface area contributed by atoms with Gasteiger partial charge in [0.05, 0.1) is 0 Å². The van der Waals surface area contributed by atoms with Crippen molar-refractivity contribution in [2.75, 3.05) is 36.7 Å². The van der Waals surface area contributed by atoms with Gasteiger partial charge in [-0.05, 0) is 24.6 Å². The van der Waals surface area contributed by atoms with Crippen LogP contribution in [0.4, 0.5) is 23.0 Å². The van der Waals surface area contributed by atoms with Crippen LogP contribution >= 0.6 is 0 Å². The van der Waals surface area contributed by atoms with Crippen LogP contribution in [0.2, 0.25) is 0 Å². The molecule has 0 aliphatic rings. The zero-order valence-corrected chi connectivity index (χ0v) is 13.1. The minimum atomic E-state index is 0.868. The molecule has 2 aromatic rings. The van der Waals surface area contributed by atoms with E-state index < -0.39 is 0 Å². The summed E-state index contributed by atoms with van der Waals surface area (Å²) < 4.78 is 0. The lowest BCUT2D eigenvalue weighted by Gasteiger charge is -2.16. The molecule has 1 heterocycles. The Bertz CT molecular complexity index is 595. The molecule has 0 unspecified atom stereocenters. The van der Waals surface area contributed by atoms with Gasteiger partial charge in [0.25, 0.3) is 0 Å². The lowest BCUT2D eigenvalue weighted by molar-refractivity contribution is 0.905. The Morgan fingerprint density at radius 1 is 1.14 bits per heavy atom. The minimum absolute atomic E-state index is 0.868. The van der Waals surface area contributed by atoms with Gasteiger partial charge in [0.1, 0.15) is 18.0 Å². The van der Waals surface area contributed by atoms with Crippen molar-refractivity contribution in [2.45, 2.75) is 19.8 Å². The molecule has 0 bridgehead atoms. The summed E-state index contributed by atoms with van der Waals surface area (Å²) in [6, 6.07) is 8.27. The van der Waals surface area contributed by atoms with Crippen LogP contribution < -0.4 is 15.5 Å². The van der Waals surface area contributed by atoms with E-state index in [0.29, 0.717) is 0 Å². The molecule has 112 valence electrons. The molecule has 2 N–H and O–H groups in total. The van der Waals surface area contributed by atoms with Gasteiger partial charge in [-0.3, -0.25) is 0 Å². The number of nitrogens with one attached hydrogen (secondary N) is 2. The van der Waals surface area contributed by atoms with Gasteiger partial charge in [-0.2, -0.15) is 0 Å². The van der Waals surface area contributed by atoms with Gasteiger partial charge >= 0.3 is 0 Å². The average molecular weight is 285 g/mol. The Kier molecular flexibility index (Phi) is 4.98. The monoisotopic (exact) mass is 285 g/mol. The Morgan fingerprint density at radius 3 is 2.57 bits per heavy atom. The van der Waals surface area contributed by atoms with Crippen molar-refractivity contribution in [1.29, 1.82) is 0 Å². The Morgan fingerprint density at radius 2 is 1.90 bits per heavy atom. The van der Waals surface area contributed by atoms with E-state index in [9.17, 15) is 0 Å². The number of nitrogens with zero attached hydrogens (tertiary/aromatic N) is 3. The predicted octanol–water partition coefficient (Wildman–Crippen LogP) is 3.28. The van der Waals surface area contributed by atoms with Crippen LogP contribution in [0.25, 0.3) is 0 Å². The van der Waals surface area contributed by atoms with E-state index in [4.69, 9.17) is 0 Å². The van der Waals surface area contributed by atoms with Crippen LogP contribution in [-0.2, 0) is 6.42 Å². The number of rotatable bonds is 6. The molecule has 5 heteroatoms. The maximum absolute atomic E-state index is 4.40. The van der Waals surface area contributed by atoms with Gasteiger partial charge in [-0.15, -0.1) is 0 Å². The van der Waals surface area contributed by atoms with E-state index >= 15 is 0 Å². The first kappa shape index (κ1) is 15.1. The van der Waals surface area contributed by atoms with Gasteiger partial charge in [0.15, 0.2) is 0 Å². The van der Waals surface area contributed by atoms with E-state index in [-0.39, 0.29) is 0 Å². The number of hydrogen-bond donors (Lipinski definition) is 2. The van der Waals surface area contributed by atoms with Crippen LogP contribution in [0.1, 0.15) is 18.9 Å². The summed E-state index contributed by atoms with van der Waals surface area (Å²) in [5, 5.41) is 6.55. The molecule has 0 fully saturated rings. The van der Waals surface area contributed by atoms with E-state index in [0.717, 1.165) is 41.4 Å². The zero-order valence-electron chi connectivity index (χ0n) is 13.1. The molecule has 0 aliphatic heterocycles. The summed E-state index contributed by atoms with van der Waals surface area (Å²) in [6.45, 7) is 2.16. The molecular weight excluding hydrogens is 262 g/mol. The van der Waals surface area contributed by atoms with Gasteiger partial charge in [-0.25, -0.2) is 9.97 Å². The quantitative estimate of drug-likeness (QED) is 0.853. The van der Waals surface area contributed by atoms with Crippen molar-refractivity contribution in [1.82, 2.24) is 9.97 Å². The third kappa shape index (κ3) is 3.62. The van der Waals surface area contributed by atoms with Gasteiger partial charge in [0.2, 0.25) is 0 Å². The van der Waals surface area contributed by atoms with Gasteiger partial charge in [0, 0.05) is 38.1 Å². The molecule has 0 aliphatic carbocycles. The third-order valence-electron chi connectivity index (χ3n) is 3.31. The summed E-state index contributed by atoms with van der Waals surface area (Å²) in [6.07, 6.45) is 3.57. The topological polar surface area (TPSA) is 53.1 Å². The maximum atomic E-state index is 4.40. The van der Waals surface area contributed by atoms with Crippen LogP contribution in [0, 0.1) is 0 Å². The van der Waals surface area contributed by atoms with Gasteiger partial charge in [-0.1, -0.05) is 19.4 Å². The molecule has 0 spiro atoms. The summed E-state index contributed by atoms with van der Waals surface area (Å²) in [7, 11) is 5.95. The SMILES string of the molecule is CCCc1c(NC)ncnc1Nc1cccc(N(C)C)c1. The van der Waals surface area contributed by atoms with Crippen LogP contribution in [-0.4, -0.2) is 31.1 Å². The normalized spacial score (nSPS) is 10.3.